The van der Waals surface area contributed by atoms with E-state index < -0.39 is 0 Å². The van der Waals surface area contributed by atoms with E-state index in [1.165, 1.54) is 30.4 Å². The van der Waals surface area contributed by atoms with E-state index in [1.807, 2.05) is 0 Å². The zero-order valence-electron chi connectivity index (χ0n) is 18.5. The standard InChI is InChI=1S/C26H37NO/c1-25(2,3)21-17-20(18-22(24(21)28)26(4,5)6)23(19-13-9-7-10-14-19)27-15-11-8-12-16-27/h7,9-10,13-14,17-18,23,28H,8,11-12,15-16H2,1-6H3. The summed E-state index contributed by atoms with van der Waals surface area (Å²) >= 11 is 0. The van der Waals surface area contributed by atoms with Gasteiger partial charge < -0.3 is 5.11 Å². The Labute approximate surface area is 171 Å². The van der Waals surface area contributed by atoms with Crippen LogP contribution < -0.4 is 0 Å². The third-order valence-electron chi connectivity index (χ3n) is 5.94. The van der Waals surface area contributed by atoms with Gasteiger partial charge in [-0.2, -0.15) is 0 Å². The maximum atomic E-state index is 11.1. The molecule has 0 bridgehead atoms. The first-order valence-electron chi connectivity index (χ1n) is 10.8. The van der Waals surface area contributed by atoms with Crippen molar-refractivity contribution in [2.75, 3.05) is 13.1 Å². The Morgan fingerprint density at radius 1 is 0.750 bits per heavy atom. The van der Waals surface area contributed by atoms with Crippen molar-refractivity contribution in [2.45, 2.75) is 77.7 Å². The number of phenols is 1. The zero-order valence-corrected chi connectivity index (χ0v) is 18.5. The van der Waals surface area contributed by atoms with Gasteiger partial charge in [0.05, 0.1) is 6.04 Å². The lowest BCUT2D eigenvalue weighted by Gasteiger charge is -2.37. The molecule has 2 nitrogen and oxygen atoms in total. The molecule has 1 unspecified atom stereocenters. The molecule has 0 radical (unpaired) electrons. The molecule has 1 aliphatic rings. The van der Waals surface area contributed by atoms with Gasteiger partial charge in [0.15, 0.2) is 0 Å². The number of phenolic OH excluding ortho intramolecular Hbond substituents is 1. The van der Waals surface area contributed by atoms with Gasteiger partial charge in [0.25, 0.3) is 0 Å². The fourth-order valence-corrected chi connectivity index (χ4v) is 4.38. The molecule has 1 aliphatic heterocycles. The summed E-state index contributed by atoms with van der Waals surface area (Å²) in [5.74, 6) is 0.467. The monoisotopic (exact) mass is 379 g/mol. The molecule has 0 saturated carbocycles. The van der Waals surface area contributed by atoms with Gasteiger partial charge in [0, 0.05) is 0 Å². The minimum absolute atomic E-state index is 0.108. The molecule has 0 aliphatic carbocycles. The third-order valence-corrected chi connectivity index (χ3v) is 5.94. The number of rotatable bonds is 3. The third kappa shape index (κ3) is 4.43. The summed E-state index contributed by atoms with van der Waals surface area (Å²) in [6.07, 6.45) is 3.85. The first-order chi connectivity index (χ1) is 13.1. The fraction of sp³-hybridized carbons (Fsp3) is 0.538. The van der Waals surface area contributed by atoms with E-state index in [1.54, 1.807) is 0 Å². The molecule has 1 N–H and O–H groups in total. The van der Waals surface area contributed by atoms with Crippen LogP contribution in [0.5, 0.6) is 5.75 Å². The average Bonchev–Trinajstić information content (AvgIpc) is 2.63. The van der Waals surface area contributed by atoms with Gasteiger partial charge in [0.1, 0.15) is 5.75 Å². The normalized spacial score (nSPS) is 17.5. The van der Waals surface area contributed by atoms with Crippen LogP contribution in [0.4, 0.5) is 0 Å². The second kappa shape index (κ2) is 7.91. The molecule has 1 saturated heterocycles. The molecule has 1 fully saturated rings. The van der Waals surface area contributed by atoms with Crippen molar-refractivity contribution in [3.8, 4) is 5.75 Å². The number of aromatic hydroxyl groups is 1. The van der Waals surface area contributed by atoms with Gasteiger partial charge in [0.2, 0.25) is 0 Å². The molecule has 2 aromatic carbocycles. The van der Waals surface area contributed by atoms with E-state index in [0.29, 0.717) is 5.75 Å². The lowest BCUT2D eigenvalue weighted by Crippen LogP contribution is -2.34. The molecular weight excluding hydrogens is 342 g/mol. The van der Waals surface area contributed by atoms with Crippen LogP contribution in [0.3, 0.4) is 0 Å². The Balaban J connectivity index is 2.21. The van der Waals surface area contributed by atoms with Crippen molar-refractivity contribution >= 4 is 0 Å². The Kier molecular flexibility index (Phi) is 5.91. The first-order valence-corrected chi connectivity index (χ1v) is 10.8. The molecule has 1 heterocycles. The lowest BCUT2D eigenvalue weighted by atomic mass is 9.77. The van der Waals surface area contributed by atoms with Gasteiger partial charge in [-0.3, -0.25) is 4.90 Å². The highest BCUT2D eigenvalue weighted by Crippen LogP contribution is 2.43. The van der Waals surface area contributed by atoms with Gasteiger partial charge >= 0.3 is 0 Å². The van der Waals surface area contributed by atoms with Crippen LogP contribution in [0.15, 0.2) is 42.5 Å². The van der Waals surface area contributed by atoms with Crippen molar-refractivity contribution in [3.63, 3.8) is 0 Å². The molecule has 28 heavy (non-hydrogen) atoms. The number of hydrogen-bond donors (Lipinski definition) is 1. The van der Waals surface area contributed by atoms with Crippen LogP contribution in [0, 0.1) is 0 Å². The minimum atomic E-state index is -0.108. The van der Waals surface area contributed by atoms with Crippen LogP contribution in [-0.4, -0.2) is 23.1 Å². The molecule has 3 rings (SSSR count). The Hall–Kier alpha value is -1.80. The Morgan fingerprint density at radius 2 is 1.25 bits per heavy atom. The van der Waals surface area contributed by atoms with E-state index in [2.05, 4.69) is 88.9 Å². The molecule has 0 amide bonds. The Morgan fingerprint density at radius 3 is 1.71 bits per heavy atom. The smallest absolute Gasteiger partial charge is 0.123 e. The van der Waals surface area contributed by atoms with Crippen molar-refractivity contribution < 1.29 is 5.11 Å². The van der Waals surface area contributed by atoms with Gasteiger partial charge in [-0.05, 0) is 71.1 Å². The second-order valence-electron chi connectivity index (χ2n) is 10.4. The summed E-state index contributed by atoms with van der Waals surface area (Å²) in [5.41, 5.74) is 4.53. The topological polar surface area (TPSA) is 23.5 Å². The summed E-state index contributed by atoms with van der Waals surface area (Å²) in [7, 11) is 0. The van der Waals surface area contributed by atoms with Crippen LogP contribution in [0.2, 0.25) is 0 Å². The van der Waals surface area contributed by atoms with Crippen LogP contribution in [-0.2, 0) is 10.8 Å². The van der Waals surface area contributed by atoms with E-state index in [-0.39, 0.29) is 16.9 Å². The van der Waals surface area contributed by atoms with Gasteiger partial charge in [-0.1, -0.05) is 78.3 Å². The van der Waals surface area contributed by atoms with Crippen LogP contribution >= 0.6 is 0 Å². The molecule has 2 aromatic rings. The van der Waals surface area contributed by atoms with E-state index >= 15 is 0 Å². The first kappa shape index (κ1) is 20.9. The summed E-state index contributed by atoms with van der Waals surface area (Å²) in [6, 6.07) is 15.6. The highest BCUT2D eigenvalue weighted by Gasteiger charge is 2.30. The molecule has 1 atom stereocenters. The number of piperidine rings is 1. The van der Waals surface area contributed by atoms with Gasteiger partial charge in [-0.15, -0.1) is 0 Å². The summed E-state index contributed by atoms with van der Waals surface area (Å²) in [6.45, 7) is 15.4. The number of hydrogen-bond acceptors (Lipinski definition) is 2. The lowest BCUT2D eigenvalue weighted by molar-refractivity contribution is 0.187. The summed E-state index contributed by atoms with van der Waals surface area (Å²) in [5, 5.41) is 11.1. The summed E-state index contributed by atoms with van der Waals surface area (Å²) < 4.78 is 0. The van der Waals surface area contributed by atoms with E-state index in [9.17, 15) is 5.11 Å². The molecule has 152 valence electrons. The molecule has 0 spiro atoms. The highest BCUT2D eigenvalue weighted by molar-refractivity contribution is 5.52. The number of benzene rings is 2. The molecule has 2 heteroatoms. The van der Waals surface area contributed by atoms with Crippen molar-refractivity contribution in [1.29, 1.82) is 0 Å². The average molecular weight is 380 g/mol. The van der Waals surface area contributed by atoms with Crippen molar-refractivity contribution in [2.24, 2.45) is 0 Å². The summed E-state index contributed by atoms with van der Waals surface area (Å²) in [4.78, 5) is 2.63. The largest absolute Gasteiger partial charge is 0.507 e. The minimum Gasteiger partial charge on any atom is -0.507 e. The van der Waals surface area contributed by atoms with Crippen molar-refractivity contribution in [3.05, 3.63) is 64.7 Å². The van der Waals surface area contributed by atoms with Crippen molar-refractivity contribution in [1.82, 2.24) is 4.90 Å². The number of likely N-dealkylation sites (tertiary alicyclic amines) is 1. The predicted octanol–water partition coefficient (Wildman–Crippen LogP) is 6.56. The Bertz CT molecular complexity index is 754. The van der Waals surface area contributed by atoms with Crippen LogP contribution in [0.25, 0.3) is 0 Å². The predicted molar refractivity (Wildman–Crippen MR) is 119 cm³/mol. The molecular formula is C26H37NO. The van der Waals surface area contributed by atoms with E-state index in [4.69, 9.17) is 0 Å². The van der Waals surface area contributed by atoms with Gasteiger partial charge in [-0.25, -0.2) is 0 Å². The number of nitrogens with zero attached hydrogens (tertiary/aromatic N) is 1. The molecule has 0 aromatic heterocycles. The fourth-order valence-electron chi connectivity index (χ4n) is 4.38. The second-order valence-corrected chi connectivity index (χ2v) is 10.4. The maximum Gasteiger partial charge on any atom is 0.123 e. The zero-order chi connectivity index (χ0) is 20.5. The SMILES string of the molecule is CC(C)(C)c1cc(C(c2ccccc2)N2CCCCC2)cc(C(C)(C)C)c1O. The maximum absolute atomic E-state index is 11.1. The van der Waals surface area contributed by atoms with Crippen LogP contribution in [0.1, 0.15) is 89.1 Å². The quantitative estimate of drug-likeness (QED) is 0.652. The highest BCUT2D eigenvalue weighted by atomic mass is 16.3. The van der Waals surface area contributed by atoms with E-state index in [0.717, 1.165) is 24.2 Å².